The maximum absolute atomic E-state index is 12.8. The lowest BCUT2D eigenvalue weighted by Crippen LogP contribution is -2.30. The first kappa shape index (κ1) is 25.1. The van der Waals surface area contributed by atoms with Gasteiger partial charge < -0.3 is 5.32 Å². The molecule has 172 valence electrons. The number of hydrogen-bond acceptors (Lipinski definition) is 3. The molecule has 0 aromatic carbocycles. The third-order valence-electron chi connectivity index (χ3n) is 4.56. The normalized spacial score (nSPS) is 13.8. The Morgan fingerprint density at radius 2 is 1.72 bits per heavy atom. The number of hydrogen-bond donors (Lipinski definition) is 1. The highest BCUT2D eigenvalue weighted by Gasteiger charge is 2.33. The van der Waals surface area contributed by atoms with E-state index in [0.29, 0.717) is 5.56 Å². The van der Waals surface area contributed by atoms with Gasteiger partial charge in [-0.15, -0.1) is 0 Å². The summed E-state index contributed by atoms with van der Waals surface area (Å²) in [6.07, 6.45) is -6.11. The summed E-state index contributed by atoms with van der Waals surface area (Å²) in [6, 6.07) is 4.69. The Hall–Kier alpha value is -3.17. The summed E-state index contributed by atoms with van der Waals surface area (Å²) in [7, 11) is 0. The summed E-state index contributed by atoms with van der Waals surface area (Å²) in [6.45, 7) is 7.74. The van der Waals surface area contributed by atoms with E-state index in [1.807, 2.05) is 0 Å². The van der Waals surface area contributed by atoms with Crippen molar-refractivity contribution >= 4 is 5.91 Å². The summed E-state index contributed by atoms with van der Waals surface area (Å²) >= 11 is 0. The minimum Gasteiger partial charge on any atom is -0.346 e. The van der Waals surface area contributed by atoms with E-state index in [2.05, 4.69) is 21.9 Å². The van der Waals surface area contributed by atoms with E-state index in [4.69, 9.17) is 0 Å². The molecule has 0 bridgehead atoms. The molecule has 0 aliphatic carbocycles. The second kappa shape index (κ2) is 9.54. The Bertz CT molecular complexity index is 1010. The number of nitrogens with one attached hydrogen (secondary N) is 1. The zero-order valence-electron chi connectivity index (χ0n) is 17.5. The Balaban J connectivity index is 2.19. The van der Waals surface area contributed by atoms with Gasteiger partial charge in [0.2, 0.25) is 5.91 Å². The van der Waals surface area contributed by atoms with Crippen LogP contribution in [-0.4, -0.2) is 22.1 Å². The van der Waals surface area contributed by atoms with Gasteiger partial charge in [-0.2, -0.15) is 26.3 Å². The van der Waals surface area contributed by atoms with Gasteiger partial charge in [-0.05, 0) is 42.7 Å². The van der Waals surface area contributed by atoms with Crippen LogP contribution in [0.2, 0.25) is 0 Å². The van der Waals surface area contributed by atoms with Crippen molar-refractivity contribution in [2.45, 2.75) is 39.2 Å². The van der Waals surface area contributed by atoms with Gasteiger partial charge in [0.15, 0.2) is 0 Å². The van der Waals surface area contributed by atoms with Crippen LogP contribution >= 0.6 is 0 Å². The van der Waals surface area contributed by atoms with E-state index in [1.54, 1.807) is 26.8 Å². The van der Waals surface area contributed by atoms with E-state index in [-0.39, 0.29) is 16.8 Å². The van der Waals surface area contributed by atoms with Crippen molar-refractivity contribution in [3.05, 3.63) is 71.7 Å². The number of carbonyl (C=O) groups excluding carboxylic acids is 1. The molecular weight excluding hydrogens is 436 g/mol. The van der Waals surface area contributed by atoms with Crippen LogP contribution in [0.1, 0.15) is 38.1 Å². The first-order valence-electron chi connectivity index (χ1n) is 9.48. The minimum absolute atomic E-state index is 0.0831. The van der Waals surface area contributed by atoms with Gasteiger partial charge in [0, 0.05) is 29.1 Å². The molecule has 0 aliphatic rings. The lowest BCUT2D eigenvalue weighted by atomic mass is 9.99. The molecule has 0 saturated heterocycles. The van der Waals surface area contributed by atoms with Gasteiger partial charge >= 0.3 is 12.4 Å². The minimum atomic E-state index is -4.65. The van der Waals surface area contributed by atoms with Crippen LogP contribution in [0.3, 0.4) is 0 Å². The smallest absolute Gasteiger partial charge is 0.346 e. The zero-order valence-corrected chi connectivity index (χ0v) is 17.5. The first-order chi connectivity index (χ1) is 14.7. The molecule has 2 aromatic rings. The highest BCUT2D eigenvalue weighted by Crippen LogP contribution is 2.30. The number of aromatic nitrogens is 2. The van der Waals surface area contributed by atoms with Crippen molar-refractivity contribution in [1.29, 1.82) is 0 Å². The largest absolute Gasteiger partial charge is 0.433 e. The van der Waals surface area contributed by atoms with Gasteiger partial charge in [0.25, 0.3) is 0 Å². The van der Waals surface area contributed by atoms with E-state index in [1.165, 1.54) is 18.3 Å². The van der Waals surface area contributed by atoms with Crippen molar-refractivity contribution in [2.75, 3.05) is 0 Å². The van der Waals surface area contributed by atoms with Crippen LogP contribution < -0.4 is 5.32 Å². The van der Waals surface area contributed by atoms with Gasteiger partial charge in [-0.1, -0.05) is 26.5 Å². The Labute approximate surface area is 181 Å². The van der Waals surface area contributed by atoms with E-state index in [9.17, 15) is 31.1 Å². The van der Waals surface area contributed by atoms with Crippen LogP contribution in [0, 0.1) is 5.92 Å². The third kappa shape index (κ3) is 6.41. The molecule has 0 saturated carbocycles. The van der Waals surface area contributed by atoms with Crippen molar-refractivity contribution in [3.8, 4) is 11.3 Å². The first-order valence-corrected chi connectivity index (χ1v) is 9.48. The fourth-order valence-corrected chi connectivity index (χ4v) is 2.70. The molecule has 4 nitrogen and oxygen atoms in total. The number of allylic oxidation sites excluding steroid dienone is 2. The molecule has 0 fully saturated rings. The van der Waals surface area contributed by atoms with Gasteiger partial charge in [-0.25, -0.2) is 0 Å². The Morgan fingerprint density at radius 3 is 2.22 bits per heavy atom. The highest BCUT2D eigenvalue weighted by atomic mass is 19.4. The van der Waals surface area contributed by atoms with Crippen LogP contribution in [0.15, 0.2) is 60.5 Å². The topological polar surface area (TPSA) is 54.9 Å². The van der Waals surface area contributed by atoms with E-state index < -0.39 is 41.5 Å². The maximum Gasteiger partial charge on any atom is 0.433 e. The standard InChI is InChI=1S/C22H21F6N3O/c1-12(2)17(9-13(3)21(23,24)25)20(32)31-14(4)16-5-6-18(30-11-16)15-7-8-29-19(10-15)22(26,27)28/h5-12,14H,3H2,1-2,4H3,(H,31,32)/b17-9+/t14-/m1/s1. The Morgan fingerprint density at radius 1 is 1.06 bits per heavy atom. The van der Waals surface area contributed by atoms with Crippen LogP contribution in [0.5, 0.6) is 0 Å². The molecule has 32 heavy (non-hydrogen) atoms. The monoisotopic (exact) mass is 457 g/mol. The van der Waals surface area contributed by atoms with Gasteiger partial charge in [0.05, 0.1) is 11.7 Å². The quantitative estimate of drug-likeness (QED) is 0.327. The SMILES string of the molecule is C=C(/C=C(/C(=O)N[C@H](C)c1ccc(-c2ccnc(C(F)(F)F)c2)nc1)C(C)C)C(F)(F)F. The van der Waals surface area contributed by atoms with Crippen molar-refractivity contribution in [2.24, 2.45) is 5.92 Å². The number of halogens is 6. The number of rotatable bonds is 6. The van der Waals surface area contributed by atoms with Gasteiger partial charge in [-0.3, -0.25) is 14.8 Å². The molecule has 0 radical (unpaired) electrons. The molecule has 1 amide bonds. The average Bonchev–Trinajstić information content (AvgIpc) is 2.70. The molecule has 0 aliphatic heterocycles. The lowest BCUT2D eigenvalue weighted by Gasteiger charge is -2.18. The molecule has 2 rings (SSSR count). The summed E-state index contributed by atoms with van der Waals surface area (Å²) in [5, 5.41) is 2.61. The number of pyridine rings is 2. The third-order valence-corrected chi connectivity index (χ3v) is 4.56. The number of nitrogens with zero attached hydrogens (tertiary/aromatic N) is 2. The van der Waals surface area contributed by atoms with Crippen molar-refractivity contribution in [1.82, 2.24) is 15.3 Å². The predicted octanol–water partition coefficient (Wildman–Crippen LogP) is 6.04. The number of carbonyl (C=O) groups is 1. The second-order valence-electron chi connectivity index (χ2n) is 7.38. The maximum atomic E-state index is 12.8. The van der Waals surface area contributed by atoms with Crippen molar-refractivity contribution < 1.29 is 31.1 Å². The van der Waals surface area contributed by atoms with Crippen LogP contribution in [-0.2, 0) is 11.0 Å². The highest BCUT2D eigenvalue weighted by molar-refractivity contribution is 5.94. The molecule has 1 atom stereocenters. The summed E-state index contributed by atoms with van der Waals surface area (Å²) in [5.74, 6) is -1.18. The average molecular weight is 457 g/mol. The second-order valence-corrected chi connectivity index (χ2v) is 7.38. The molecule has 1 N–H and O–H groups in total. The fourth-order valence-electron chi connectivity index (χ4n) is 2.70. The molecule has 0 unspecified atom stereocenters. The number of alkyl halides is 6. The Kier molecular flexibility index (Phi) is 7.48. The molecule has 0 spiro atoms. The molecular formula is C22H21F6N3O. The van der Waals surface area contributed by atoms with E-state index in [0.717, 1.165) is 18.3 Å². The van der Waals surface area contributed by atoms with Crippen LogP contribution in [0.4, 0.5) is 26.3 Å². The zero-order chi connectivity index (χ0) is 24.3. The number of amides is 1. The fraction of sp³-hybridized carbons (Fsp3) is 0.318. The molecule has 2 heterocycles. The van der Waals surface area contributed by atoms with E-state index >= 15 is 0 Å². The summed E-state index contributed by atoms with van der Waals surface area (Å²) in [5.41, 5.74) is -1.26. The molecule has 10 heteroatoms. The molecule has 2 aromatic heterocycles. The summed E-state index contributed by atoms with van der Waals surface area (Å²) < 4.78 is 76.9. The predicted molar refractivity (Wildman–Crippen MR) is 107 cm³/mol. The van der Waals surface area contributed by atoms with Crippen LogP contribution in [0.25, 0.3) is 11.3 Å². The van der Waals surface area contributed by atoms with Crippen molar-refractivity contribution in [3.63, 3.8) is 0 Å². The lowest BCUT2D eigenvalue weighted by molar-refractivity contribution is -0.141. The van der Waals surface area contributed by atoms with Gasteiger partial charge in [0.1, 0.15) is 5.69 Å². The summed E-state index contributed by atoms with van der Waals surface area (Å²) in [4.78, 5) is 20.0.